The highest BCUT2D eigenvalue weighted by atomic mass is 35.5. The second-order valence-corrected chi connectivity index (χ2v) is 9.86. The van der Waals surface area contributed by atoms with Gasteiger partial charge in [0, 0.05) is 10.7 Å². The van der Waals surface area contributed by atoms with Crippen molar-refractivity contribution in [1.29, 1.82) is 0 Å². The highest BCUT2D eigenvalue weighted by Crippen LogP contribution is 2.55. The molecule has 0 aliphatic heterocycles. The van der Waals surface area contributed by atoms with Crippen LogP contribution in [0.1, 0.15) is 42.4 Å². The summed E-state index contributed by atoms with van der Waals surface area (Å²) in [6, 6.07) is 26.8. The van der Waals surface area contributed by atoms with Gasteiger partial charge in [-0.2, -0.15) is 0 Å². The molecule has 1 fully saturated rings. The fourth-order valence-corrected chi connectivity index (χ4v) is 6.26. The van der Waals surface area contributed by atoms with Crippen LogP contribution in [-0.4, -0.2) is 16.6 Å². The number of carbonyl (C=O) groups is 1. The van der Waals surface area contributed by atoms with Crippen molar-refractivity contribution in [2.75, 3.05) is 5.32 Å². The van der Waals surface area contributed by atoms with Crippen LogP contribution in [0, 0.1) is 5.92 Å². The normalized spacial score (nSPS) is 26.6. The van der Waals surface area contributed by atoms with Crippen molar-refractivity contribution in [3.05, 3.63) is 101 Å². The Morgan fingerprint density at radius 1 is 0.938 bits per heavy atom. The van der Waals surface area contributed by atoms with Gasteiger partial charge in [0.15, 0.2) is 0 Å². The molecule has 2 aliphatic rings. The molecule has 0 bridgehead atoms. The maximum Gasteiger partial charge on any atom is 0.329 e. The molecule has 0 aromatic heterocycles. The van der Waals surface area contributed by atoms with Gasteiger partial charge >= 0.3 is 5.97 Å². The molecule has 0 radical (unpaired) electrons. The summed E-state index contributed by atoms with van der Waals surface area (Å²) < 4.78 is 0. The van der Waals surface area contributed by atoms with Crippen molar-refractivity contribution in [2.24, 2.45) is 5.92 Å². The van der Waals surface area contributed by atoms with Crippen molar-refractivity contribution in [1.82, 2.24) is 0 Å². The van der Waals surface area contributed by atoms with Gasteiger partial charge < -0.3 is 10.4 Å². The molecule has 3 nitrogen and oxygen atoms in total. The molecule has 0 amide bonds. The summed E-state index contributed by atoms with van der Waals surface area (Å²) in [5.41, 5.74) is 4.05. The van der Waals surface area contributed by atoms with Gasteiger partial charge in [-0.15, -0.1) is 0 Å². The average molecular weight is 446 g/mol. The lowest BCUT2D eigenvalue weighted by molar-refractivity contribution is -0.144. The molecule has 4 heteroatoms. The summed E-state index contributed by atoms with van der Waals surface area (Å²) in [6.07, 6.45) is 5.00. The van der Waals surface area contributed by atoms with E-state index >= 15 is 0 Å². The van der Waals surface area contributed by atoms with E-state index in [1.54, 1.807) is 12.1 Å². The maximum absolute atomic E-state index is 12.5. The zero-order valence-electron chi connectivity index (χ0n) is 18.1. The van der Waals surface area contributed by atoms with Crippen LogP contribution in [0.4, 0.5) is 5.69 Å². The first-order valence-electron chi connectivity index (χ1n) is 11.4. The van der Waals surface area contributed by atoms with Crippen LogP contribution in [0.15, 0.2) is 78.9 Å². The summed E-state index contributed by atoms with van der Waals surface area (Å²) in [5.74, 6) is -0.293. The molecule has 0 saturated heterocycles. The molecule has 1 unspecified atom stereocenters. The predicted octanol–water partition coefficient (Wildman–Crippen LogP) is 6.50. The van der Waals surface area contributed by atoms with Crippen LogP contribution in [0.3, 0.4) is 0 Å². The Kier molecular flexibility index (Phi) is 5.46. The highest BCUT2D eigenvalue weighted by molar-refractivity contribution is 6.30. The zero-order valence-corrected chi connectivity index (χ0v) is 18.8. The smallest absolute Gasteiger partial charge is 0.329 e. The maximum atomic E-state index is 12.5. The van der Waals surface area contributed by atoms with Gasteiger partial charge in [0.25, 0.3) is 0 Å². The third-order valence-electron chi connectivity index (χ3n) is 7.74. The Hall–Kier alpha value is -2.78. The van der Waals surface area contributed by atoms with E-state index in [1.807, 2.05) is 12.1 Å². The summed E-state index contributed by atoms with van der Waals surface area (Å²) in [4.78, 5) is 12.5. The van der Waals surface area contributed by atoms with Gasteiger partial charge in [0.2, 0.25) is 0 Å². The predicted molar refractivity (Wildman–Crippen MR) is 129 cm³/mol. The number of anilines is 1. The largest absolute Gasteiger partial charge is 0.480 e. The molecular formula is C28H28ClNO2. The van der Waals surface area contributed by atoms with Crippen molar-refractivity contribution in [2.45, 2.75) is 49.5 Å². The van der Waals surface area contributed by atoms with E-state index in [4.69, 9.17) is 11.6 Å². The first-order chi connectivity index (χ1) is 15.5. The first kappa shape index (κ1) is 21.1. The van der Waals surface area contributed by atoms with Crippen molar-refractivity contribution >= 4 is 23.3 Å². The lowest BCUT2D eigenvalue weighted by atomic mass is 9.60. The molecule has 5 rings (SSSR count). The van der Waals surface area contributed by atoms with E-state index in [1.165, 1.54) is 16.7 Å². The molecule has 1 spiro atoms. The van der Waals surface area contributed by atoms with Gasteiger partial charge in [0.05, 0.1) is 0 Å². The first-order valence-corrected chi connectivity index (χ1v) is 11.8. The van der Waals surface area contributed by atoms with Gasteiger partial charge in [-0.25, -0.2) is 4.79 Å². The highest BCUT2D eigenvalue weighted by Gasteiger charge is 2.53. The summed E-state index contributed by atoms with van der Waals surface area (Å²) >= 11 is 6.15. The standard InChI is InChI=1S/C28H28ClNO2/c29-23-10-6-11-24(19-23)30-28(26(31)32)15-13-27(14-16-28)22(17-20-7-2-1-3-8-20)18-21-9-4-5-12-25(21)27/h1-12,19,22,30H,13-18H2,(H,31,32). The van der Waals surface area contributed by atoms with Crippen molar-refractivity contribution in [3.63, 3.8) is 0 Å². The fraction of sp³-hybridized carbons (Fsp3) is 0.321. The fourth-order valence-electron chi connectivity index (χ4n) is 6.07. The van der Waals surface area contributed by atoms with Crippen LogP contribution < -0.4 is 5.32 Å². The van der Waals surface area contributed by atoms with Crippen LogP contribution >= 0.6 is 11.6 Å². The van der Waals surface area contributed by atoms with E-state index in [2.05, 4.69) is 59.9 Å². The van der Waals surface area contributed by atoms with Crippen molar-refractivity contribution in [3.8, 4) is 0 Å². The lowest BCUT2D eigenvalue weighted by Gasteiger charge is -2.47. The molecule has 3 aromatic carbocycles. The van der Waals surface area contributed by atoms with Gasteiger partial charge in [-0.1, -0.05) is 72.3 Å². The van der Waals surface area contributed by atoms with E-state index in [0.29, 0.717) is 23.8 Å². The number of aliphatic carboxylic acids is 1. The third-order valence-corrected chi connectivity index (χ3v) is 7.97. The molecule has 1 saturated carbocycles. The molecule has 32 heavy (non-hydrogen) atoms. The second kappa shape index (κ2) is 8.29. The number of hydrogen-bond acceptors (Lipinski definition) is 2. The van der Waals surface area contributed by atoms with E-state index in [-0.39, 0.29) is 5.41 Å². The SMILES string of the molecule is O=C(O)C1(Nc2cccc(Cl)c2)CCC2(CC1)c1ccccc1CC2Cc1ccccc1. The molecule has 3 aromatic rings. The number of fused-ring (bicyclic) bond motifs is 2. The Bertz CT molecular complexity index is 1120. The minimum atomic E-state index is -0.967. The van der Waals surface area contributed by atoms with Gasteiger partial charge in [-0.05, 0) is 84.7 Å². The van der Waals surface area contributed by atoms with Gasteiger partial charge in [0.1, 0.15) is 5.54 Å². The molecular weight excluding hydrogens is 418 g/mol. The number of rotatable bonds is 5. The Morgan fingerprint density at radius 2 is 1.66 bits per heavy atom. The van der Waals surface area contributed by atoms with E-state index in [9.17, 15) is 9.90 Å². The minimum Gasteiger partial charge on any atom is -0.480 e. The number of hydrogen-bond donors (Lipinski definition) is 2. The van der Waals surface area contributed by atoms with Crippen LogP contribution in [0.2, 0.25) is 5.02 Å². The topological polar surface area (TPSA) is 49.3 Å². The minimum absolute atomic E-state index is 0.0292. The molecule has 164 valence electrons. The Balaban J connectivity index is 1.45. The lowest BCUT2D eigenvalue weighted by Crippen LogP contribution is -2.53. The van der Waals surface area contributed by atoms with Gasteiger partial charge in [-0.3, -0.25) is 0 Å². The quantitative estimate of drug-likeness (QED) is 0.471. The number of halogens is 1. The Morgan fingerprint density at radius 3 is 2.38 bits per heavy atom. The summed E-state index contributed by atoms with van der Waals surface area (Å²) in [7, 11) is 0. The number of carboxylic acid groups (broad SMARTS) is 1. The molecule has 0 heterocycles. The monoisotopic (exact) mass is 445 g/mol. The second-order valence-electron chi connectivity index (χ2n) is 9.43. The average Bonchev–Trinajstić information content (AvgIpc) is 3.09. The summed E-state index contributed by atoms with van der Waals surface area (Å²) in [5, 5.41) is 14.2. The van der Waals surface area contributed by atoms with Crippen LogP contribution in [-0.2, 0) is 23.1 Å². The summed E-state index contributed by atoms with van der Waals surface area (Å²) in [6.45, 7) is 0. The molecule has 1 atom stereocenters. The number of benzene rings is 3. The van der Waals surface area contributed by atoms with Crippen molar-refractivity contribution < 1.29 is 9.90 Å². The van der Waals surface area contributed by atoms with Crippen LogP contribution in [0.5, 0.6) is 0 Å². The molecule has 2 aliphatic carbocycles. The van der Waals surface area contributed by atoms with E-state index < -0.39 is 11.5 Å². The van der Waals surface area contributed by atoms with E-state index in [0.717, 1.165) is 31.4 Å². The number of nitrogens with one attached hydrogen (secondary N) is 1. The van der Waals surface area contributed by atoms with Crippen LogP contribution in [0.25, 0.3) is 0 Å². The molecule has 2 N–H and O–H groups in total. The number of carboxylic acids is 1. The third kappa shape index (κ3) is 3.69. The zero-order chi connectivity index (χ0) is 22.2. The Labute approximate surface area is 194 Å².